The number of hydrogen-bond donors (Lipinski definition) is 2. The molecule has 1 aromatic heterocycles. The maximum Gasteiger partial charge on any atom is 0.418 e. The minimum Gasteiger partial charge on any atom is -0.343 e. The fraction of sp³-hybridized carbons (Fsp3) is 0.182. The molecule has 2 amide bonds. The molecule has 35 heavy (non-hydrogen) atoms. The molecule has 2 N–H and O–H groups in total. The maximum absolute atomic E-state index is 13.4. The summed E-state index contributed by atoms with van der Waals surface area (Å²) in [6.45, 7) is -0.168. The molecule has 3 aromatic rings. The third-order valence-corrected chi connectivity index (χ3v) is 4.61. The molecule has 0 bridgehead atoms. The molecular weight excluding hydrogens is 482 g/mol. The van der Waals surface area contributed by atoms with Crippen LogP contribution in [0.2, 0.25) is 0 Å². The lowest BCUT2D eigenvalue weighted by Crippen LogP contribution is -2.33. The lowest BCUT2D eigenvalue weighted by Gasteiger charge is -2.16. The van der Waals surface area contributed by atoms with E-state index in [0.717, 1.165) is 35.0 Å². The number of rotatable bonds is 5. The third kappa shape index (κ3) is 6.25. The highest BCUT2D eigenvalue weighted by Gasteiger charge is 2.34. The van der Waals surface area contributed by atoms with Crippen LogP contribution in [0.4, 0.5) is 32.0 Å². The van der Waals surface area contributed by atoms with Gasteiger partial charge in [0.1, 0.15) is 6.54 Å². The molecular formula is C22H16F6N4O3. The summed E-state index contributed by atoms with van der Waals surface area (Å²) < 4.78 is 77.8. The maximum atomic E-state index is 13.4. The Kier molecular flexibility index (Phi) is 6.99. The standard InChI is InChI=1S/C22H16F6N4O3/c1-12-10-17(33)18(31-32(12)16-5-3-2-4-15(16)22(26,27)28)20(35)30-14-8-6-13(7-9-14)19(34)29-11-21(23,24)25/h2-10H,11H2,1H3,(H,29,34)(H,30,35). The van der Waals surface area contributed by atoms with Crippen LogP contribution in [-0.4, -0.2) is 34.3 Å². The Bertz CT molecular complexity index is 1310. The van der Waals surface area contributed by atoms with E-state index in [9.17, 15) is 40.7 Å². The highest BCUT2D eigenvalue weighted by Crippen LogP contribution is 2.33. The minimum atomic E-state index is -4.72. The van der Waals surface area contributed by atoms with Crippen LogP contribution in [0.1, 0.15) is 32.1 Å². The van der Waals surface area contributed by atoms with Crippen molar-refractivity contribution in [2.45, 2.75) is 19.3 Å². The number of nitrogens with one attached hydrogen (secondary N) is 2. The first-order valence-corrected chi connectivity index (χ1v) is 9.80. The second-order valence-electron chi connectivity index (χ2n) is 7.25. The van der Waals surface area contributed by atoms with Crippen LogP contribution in [0.3, 0.4) is 0 Å². The van der Waals surface area contributed by atoms with E-state index in [-0.39, 0.29) is 22.6 Å². The summed E-state index contributed by atoms with van der Waals surface area (Å²) in [6, 6.07) is 10.1. The smallest absolute Gasteiger partial charge is 0.343 e. The van der Waals surface area contributed by atoms with Gasteiger partial charge in [0, 0.05) is 23.0 Å². The normalized spacial score (nSPS) is 11.7. The highest BCUT2D eigenvalue weighted by atomic mass is 19.4. The van der Waals surface area contributed by atoms with Gasteiger partial charge < -0.3 is 10.6 Å². The predicted molar refractivity (Wildman–Crippen MR) is 112 cm³/mol. The van der Waals surface area contributed by atoms with E-state index in [1.807, 2.05) is 0 Å². The number of alkyl halides is 6. The summed E-state index contributed by atoms with van der Waals surface area (Å²) in [5.41, 5.74) is -2.95. The molecule has 0 aliphatic rings. The Balaban J connectivity index is 1.85. The van der Waals surface area contributed by atoms with Gasteiger partial charge in [0.25, 0.3) is 11.8 Å². The van der Waals surface area contributed by atoms with Gasteiger partial charge in [0.2, 0.25) is 5.43 Å². The summed E-state index contributed by atoms with van der Waals surface area (Å²) in [7, 11) is 0. The summed E-state index contributed by atoms with van der Waals surface area (Å²) in [5, 5.41) is 7.83. The van der Waals surface area contributed by atoms with Crippen LogP contribution in [-0.2, 0) is 6.18 Å². The molecule has 0 spiro atoms. The molecule has 0 fully saturated rings. The van der Waals surface area contributed by atoms with Crippen molar-refractivity contribution in [3.8, 4) is 5.69 Å². The van der Waals surface area contributed by atoms with Crippen LogP contribution in [0, 0.1) is 6.92 Å². The largest absolute Gasteiger partial charge is 0.418 e. The number of carbonyl (C=O) groups excluding carboxylic acids is 2. The van der Waals surface area contributed by atoms with E-state index < -0.39 is 47.4 Å². The number of benzene rings is 2. The van der Waals surface area contributed by atoms with Crippen LogP contribution in [0.15, 0.2) is 59.4 Å². The van der Waals surface area contributed by atoms with Crippen LogP contribution in [0.5, 0.6) is 0 Å². The van der Waals surface area contributed by atoms with Crippen molar-refractivity contribution in [3.63, 3.8) is 0 Å². The van der Waals surface area contributed by atoms with E-state index in [0.29, 0.717) is 0 Å². The SMILES string of the molecule is Cc1cc(=O)c(C(=O)Nc2ccc(C(=O)NCC(F)(F)F)cc2)nn1-c1ccccc1C(F)(F)F. The summed E-state index contributed by atoms with van der Waals surface area (Å²) in [5.74, 6) is -2.03. The average molecular weight is 498 g/mol. The van der Waals surface area contributed by atoms with E-state index in [4.69, 9.17) is 0 Å². The number of hydrogen-bond acceptors (Lipinski definition) is 4. The first-order chi connectivity index (χ1) is 16.3. The van der Waals surface area contributed by atoms with E-state index in [1.54, 1.807) is 5.32 Å². The second-order valence-corrected chi connectivity index (χ2v) is 7.25. The van der Waals surface area contributed by atoms with Gasteiger partial charge >= 0.3 is 12.4 Å². The molecule has 0 aliphatic carbocycles. The van der Waals surface area contributed by atoms with Gasteiger partial charge in [-0.25, -0.2) is 4.68 Å². The predicted octanol–water partition coefficient (Wildman–Crippen LogP) is 4.10. The Labute approximate surface area is 193 Å². The van der Waals surface area contributed by atoms with Crippen LogP contribution < -0.4 is 16.1 Å². The van der Waals surface area contributed by atoms with Crippen molar-refractivity contribution < 1.29 is 35.9 Å². The Morgan fingerprint density at radius 3 is 2.17 bits per heavy atom. The third-order valence-electron chi connectivity index (χ3n) is 4.61. The van der Waals surface area contributed by atoms with Gasteiger partial charge in [-0.1, -0.05) is 12.1 Å². The molecule has 0 saturated heterocycles. The van der Waals surface area contributed by atoms with Gasteiger partial charge in [0.05, 0.1) is 11.3 Å². The molecule has 2 aromatic carbocycles. The number of halogens is 6. The molecule has 0 unspecified atom stereocenters. The Hall–Kier alpha value is -4.16. The Morgan fingerprint density at radius 1 is 0.943 bits per heavy atom. The first kappa shape index (κ1) is 25.5. The van der Waals surface area contributed by atoms with Gasteiger partial charge in [-0.15, -0.1) is 0 Å². The first-order valence-electron chi connectivity index (χ1n) is 9.80. The quantitative estimate of drug-likeness (QED) is 0.518. The van der Waals surface area contributed by atoms with Gasteiger partial charge in [0.15, 0.2) is 5.69 Å². The summed E-state index contributed by atoms with van der Waals surface area (Å²) in [6.07, 6.45) is -9.30. The van der Waals surface area contributed by atoms with E-state index in [1.165, 1.54) is 31.2 Å². The van der Waals surface area contributed by atoms with Gasteiger partial charge in [-0.2, -0.15) is 31.4 Å². The van der Waals surface area contributed by atoms with Gasteiger partial charge in [-0.05, 0) is 43.3 Å². The number of aromatic nitrogens is 2. The monoisotopic (exact) mass is 498 g/mol. The Morgan fingerprint density at radius 2 is 1.57 bits per heavy atom. The average Bonchev–Trinajstić information content (AvgIpc) is 2.77. The van der Waals surface area contributed by atoms with Crippen molar-refractivity contribution >= 4 is 17.5 Å². The van der Waals surface area contributed by atoms with Crippen LogP contribution in [0.25, 0.3) is 5.69 Å². The van der Waals surface area contributed by atoms with Crippen molar-refractivity contribution in [1.82, 2.24) is 15.1 Å². The van der Waals surface area contributed by atoms with E-state index >= 15 is 0 Å². The zero-order chi connectivity index (χ0) is 26.0. The molecule has 0 atom stereocenters. The van der Waals surface area contributed by atoms with E-state index in [2.05, 4.69) is 10.4 Å². The number of anilines is 1. The van der Waals surface area contributed by atoms with Crippen molar-refractivity contribution in [2.24, 2.45) is 0 Å². The molecule has 3 rings (SSSR count). The molecule has 0 saturated carbocycles. The van der Waals surface area contributed by atoms with Crippen LogP contribution >= 0.6 is 0 Å². The molecule has 7 nitrogen and oxygen atoms in total. The number of nitrogens with zero attached hydrogens (tertiary/aromatic N) is 2. The lowest BCUT2D eigenvalue weighted by molar-refractivity contribution is -0.137. The van der Waals surface area contributed by atoms with Crippen molar-refractivity contribution in [1.29, 1.82) is 0 Å². The second kappa shape index (κ2) is 9.60. The topological polar surface area (TPSA) is 93.1 Å². The molecule has 184 valence electrons. The highest BCUT2D eigenvalue weighted by molar-refractivity contribution is 6.03. The van der Waals surface area contributed by atoms with Crippen molar-refractivity contribution in [3.05, 3.63) is 87.3 Å². The molecule has 0 radical (unpaired) electrons. The summed E-state index contributed by atoms with van der Waals surface area (Å²) in [4.78, 5) is 36.7. The minimum absolute atomic E-state index is 0.0532. The zero-order valence-corrected chi connectivity index (χ0v) is 17.8. The molecule has 1 heterocycles. The summed E-state index contributed by atoms with van der Waals surface area (Å²) >= 11 is 0. The fourth-order valence-corrected chi connectivity index (χ4v) is 3.02. The van der Waals surface area contributed by atoms with Crippen molar-refractivity contribution in [2.75, 3.05) is 11.9 Å². The molecule has 13 heteroatoms. The zero-order valence-electron chi connectivity index (χ0n) is 17.8. The number of carbonyl (C=O) groups is 2. The fourth-order valence-electron chi connectivity index (χ4n) is 3.02. The number of para-hydroxylation sites is 1. The molecule has 0 aliphatic heterocycles. The lowest BCUT2D eigenvalue weighted by atomic mass is 10.1. The number of aryl methyl sites for hydroxylation is 1. The number of amides is 2. The van der Waals surface area contributed by atoms with Gasteiger partial charge in [-0.3, -0.25) is 14.4 Å².